The summed E-state index contributed by atoms with van der Waals surface area (Å²) < 4.78 is 0. The van der Waals surface area contributed by atoms with Crippen LogP contribution in [0.2, 0.25) is 0 Å². The summed E-state index contributed by atoms with van der Waals surface area (Å²) in [6, 6.07) is 21.3. The SMILES string of the molecule is O=c1c(-c2ccccc2)c[nH]c2cc([N+](=O)[O-])c(/C(Cl)=C/c3ccccc3)cc12. The molecule has 0 aliphatic rings. The van der Waals surface area contributed by atoms with Crippen LogP contribution in [0, 0.1) is 10.1 Å². The van der Waals surface area contributed by atoms with Crippen LogP contribution in [0.15, 0.2) is 83.8 Å². The van der Waals surface area contributed by atoms with Crippen LogP contribution in [-0.4, -0.2) is 9.91 Å². The summed E-state index contributed by atoms with van der Waals surface area (Å²) in [5, 5.41) is 12.2. The molecule has 0 saturated carbocycles. The molecule has 0 spiro atoms. The molecule has 0 fully saturated rings. The number of hydrogen-bond donors (Lipinski definition) is 1. The highest BCUT2D eigenvalue weighted by atomic mass is 35.5. The molecule has 5 nitrogen and oxygen atoms in total. The molecule has 6 heteroatoms. The normalized spacial score (nSPS) is 11.6. The summed E-state index contributed by atoms with van der Waals surface area (Å²) >= 11 is 6.44. The molecule has 0 radical (unpaired) electrons. The summed E-state index contributed by atoms with van der Waals surface area (Å²) in [6.07, 6.45) is 3.22. The maximum atomic E-state index is 13.1. The highest BCUT2D eigenvalue weighted by Gasteiger charge is 2.20. The van der Waals surface area contributed by atoms with Gasteiger partial charge in [0.25, 0.3) is 5.69 Å². The van der Waals surface area contributed by atoms with E-state index in [-0.39, 0.29) is 21.7 Å². The van der Waals surface area contributed by atoms with Crippen molar-refractivity contribution in [1.29, 1.82) is 0 Å². The number of pyridine rings is 1. The Morgan fingerprint density at radius 1 is 1.00 bits per heavy atom. The summed E-state index contributed by atoms with van der Waals surface area (Å²) in [5.41, 5.74) is 2.25. The number of benzene rings is 3. The van der Waals surface area contributed by atoms with Gasteiger partial charge in [-0.2, -0.15) is 0 Å². The number of nitro groups is 1. The zero-order valence-corrected chi connectivity index (χ0v) is 15.9. The Balaban J connectivity index is 1.94. The van der Waals surface area contributed by atoms with E-state index in [0.717, 1.165) is 11.1 Å². The third-order valence-electron chi connectivity index (χ3n) is 4.63. The highest BCUT2D eigenvalue weighted by molar-refractivity contribution is 6.51. The average molecular weight is 403 g/mol. The van der Waals surface area contributed by atoms with Gasteiger partial charge in [-0.25, -0.2) is 0 Å². The minimum Gasteiger partial charge on any atom is -0.360 e. The van der Waals surface area contributed by atoms with Crippen molar-refractivity contribution in [3.05, 3.63) is 110 Å². The number of halogens is 1. The average Bonchev–Trinajstić information content (AvgIpc) is 2.74. The molecule has 1 N–H and O–H groups in total. The maximum Gasteiger partial charge on any atom is 0.280 e. The Morgan fingerprint density at radius 3 is 2.31 bits per heavy atom. The minimum atomic E-state index is -0.501. The van der Waals surface area contributed by atoms with Gasteiger partial charge in [-0.1, -0.05) is 72.3 Å². The molecular weight excluding hydrogens is 388 g/mol. The molecule has 0 saturated heterocycles. The first-order valence-corrected chi connectivity index (χ1v) is 9.24. The van der Waals surface area contributed by atoms with Crippen LogP contribution in [0.3, 0.4) is 0 Å². The molecule has 4 aromatic rings. The fourth-order valence-corrected chi connectivity index (χ4v) is 3.48. The van der Waals surface area contributed by atoms with Gasteiger partial charge in [0.05, 0.1) is 21.0 Å². The van der Waals surface area contributed by atoms with E-state index in [4.69, 9.17) is 11.6 Å². The predicted octanol–water partition coefficient (Wildman–Crippen LogP) is 5.84. The molecule has 0 bridgehead atoms. The van der Waals surface area contributed by atoms with Crippen molar-refractivity contribution in [2.45, 2.75) is 0 Å². The lowest BCUT2D eigenvalue weighted by Crippen LogP contribution is -2.07. The molecule has 0 unspecified atom stereocenters. The van der Waals surface area contributed by atoms with Crippen molar-refractivity contribution in [1.82, 2.24) is 4.98 Å². The van der Waals surface area contributed by atoms with Crippen LogP contribution in [-0.2, 0) is 0 Å². The first-order chi connectivity index (χ1) is 14.0. The number of nitro benzene ring substituents is 1. The Bertz CT molecular complexity index is 1300. The standard InChI is InChI=1S/C23H15ClN2O3/c24-20(11-15-7-3-1-4-8-15)17-12-18-21(13-22(17)26(28)29)25-14-19(23(18)27)16-9-5-2-6-10-16/h1-14H,(H,25,27)/b20-11-. The molecule has 0 atom stereocenters. The minimum absolute atomic E-state index is 0.169. The number of H-pyrrole nitrogens is 1. The Kier molecular flexibility index (Phi) is 4.97. The lowest BCUT2D eigenvalue weighted by molar-refractivity contribution is -0.385. The molecule has 0 aliphatic carbocycles. The maximum absolute atomic E-state index is 13.1. The Labute approximate surface area is 171 Å². The number of nitrogens with one attached hydrogen (secondary N) is 1. The van der Waals surface area contributed by atoms with Crippen LogP contribution in [0.5, 0.6) is 0 Å². The van der Waals surface area contributed by atoms with Gasteiger partial charge in [-0.05, 0) is 23.3 Å². The van der Waals surface area contributed by atoms with Gasteiger partial charge in [0.1, 0.15) is 0 Å². The second-order valence-corrected chi connectivity index (χ2v) is 6.88. The highest BCUT2D eigenvalue weighted by Crippen LogP contribution is 2.33. The van der Waals surface area contributed by atoms with Crippen LogP contribution in [0.4, 0.5) is 5.69 Å². The van der Waals surface area contributed by atoms with Gasteiger partial charge in [-0.3, -0.25) is 14.9 Å². The molecule has 4 rings (SSSR count). The van der Waals surface area contributed by atoms with Gasteiger partial charge >= 0.3 is 0 Å². The third kappa shape index (κ3) is 3.68. The number of aromatic nitrogens is 1. The van der Waals surface area contributed by atoms with E-state index in [1.165, 1.54) is 12.1 Å². The van der Waals surface area contributed by atoms with Crippen molar-refractivity contribution in [2.24, 2.45) is 0 Å². The van der Waals surface area contributed by atoms with Crippen molar-refractivity contribution >= 4 is 39.3 Å². The summed E-state index contributed by atoms with van der Waals surface area (Å²) in [6.45, 7) is 0. The molecule has 1 heterocycles. The van der Waals surface area contributed by atoms with Gasteiger partial charge in [0.2, 0.25) is 0 Å². The summed E-state index contributed by atoms with van der Waals surface area (Å²) in [4.78, 5) is 27.2. The molecule has 142 valence electrons. The van der Waals surface area contributed by atoms with E-state index < -0.39 is 4.92 Å². The Hall–Kier alpha value is -3.70. The molecular formula is C23H15ClN2O3. The largest absolute Gasteiger partial charge is 0.360 e. The Morgan fingerprint density at radius 2 is 1.66 bits per heavy atom. The van der Waals surface area contributed by atoms with Gasteiger partial charge in [0, 0.05) is 23.2 Å². The number of nitrogens with zero attached hydrogens (tertiary/aromatic N) is 1. The van der Waals surface area contributed by atoms with Gasteiger partial charge in [-0.15, -0.1) is 0 Å². The van der Waals surface area contributed by atoms with E-state index in [0.29, 0.717) is 16.5 Å². The number of fused-ring (bicyclic) bond motifs is 1. The van der Waals surface area contributed by atoms with E-state index in [1.54, 1.807) is 12.3 Å². The second kappa shape index (κ2) is 7.73. The topological polar surface area (TPSA) is 76.0 Å². The summed E-state index contributed by atoms with van der Waals surface area (Å²) in [7, 11) is 0. The first-order valence-electron chi connectivity index (χ1n) is 8.86. The lowest BCUT2D eigenvalue weighted by Gasteiger charge is -2.07. The third-order valence-corrected chi connectivity index (χ3v) is 4.94. The molecule has 29 heavy (non-hydrogen) atoms. The van der Waals surface area contributed by atoms with Gasteiger partial charge < -0.3 is 4.98 Å². The van der Waals surface area contributed by atoms with Crippen molar-refractivity contribution < 1.29 is 4.92 Å². The summed E-state index contributed by atoms with van der Waals surface area (Å²) in [5.74, 6) is 0. The van der Waals surface area contributed by atoms with Crippen molar-refractivity contribution in [3.8, 4) is 11.1 Å². The van der Waals surface area contributed by atoms with E-state index in [2.05, 4.69) is 4.98 Å². The van der Waals surface area contributed by atoms with Crippen molar-refractivity contribution in [3.63, 3.8) is 0 Å². The fraction of sp³-hybridized carbons (Fsp3) is 0. The fourth-order valence-electron chi connectivity index (χ4n) is 3.20. The van der Waals surface area contributed by atoms with Crippen LogP contribution in [0.1, 0.15) is 11.1 Å². The zero-order chi connectivity index (χ0) is 20.4. The zero-order valence-electron chi connectivity index (χ0n) is 15.1. The van der Waals surface area contributed by atoms with Crippen LogP contribution >= 0.6 is 11.6 Å². The van der Waals surface area contributed by atoms with E-state index in [1.807, 2.05) is 60.7 Å². The molecule has 1 aromatic heterocycles. The van der Waals surface area contributed by atoms with Gasteiger partial charge in [0.15, 0.2) is 5.43 Å². The van der Waals surface area contributed by atoms with E-state index >= 15 is 0 Å². The van der Waals surface area contributed by atoms with Crippen LogP contribution in [0.25, 0.3) is 33.1 Å². The number of aromatic amines is 1. The molecule has 0 aliphatic heterocycles. The second-order valence-electron chi connectivity index (χ2n) is 6.47. The molecule has 3 aromatic carbocycles. The van der Waals surface area contributed by atoms with E-state index in [9.17, 15) is 14.9 Å². The predicted molar refractivity (Wildman–Crippen MR) is 117 cm³/mol. The quantitative estimate of drug-likeness (QED) is 0.264. The number of hydrogen-bond acceptors (Lipinski definition) is 3. The van der Waals surface area contributed by atoms with Crippen molar-refractivity contribution in [2.75, 3.05) is 0 Å². The van der Waals surface area contributed by atoms with Crippen LogP contribution < -0.4 is 5.43 Å². The molecule has 0 amide bonds. The smallest absolute Gasteiger partial charge is 0.280 e. The monoisotopic (exact) mass is 402 g/mol. The first kappa shape index (κ1) is 18.7. The number of rotatable bonds is 4. The lowest BCUT2D eigenvalue weighted by atomic mass is 10.0.